The predicted molar refractivity (Wildman–Crippen MR) is 92.6 cm³/mol. The second-order valence-electron chi connectivity index (χ2n) is 6.54. The summed E-state index contributed by atoms with van der Waals surface area (Å²) in [6.45, 7) is 4.36. The lowest BCUT2D eigenvalue weighted by atomic mass is 9.94. The molecule has 23 heavy (non-hydrogen) atoms. The molecule has 4 rings (SSSR count). The number of rotatable bonds is 3. The number of ether oxygens (including phenoxy) is 1. The van der Waals surface area contributed by atoms with Crippen LogP contribution in [0.5, 0.6) is 5.75 Å². The Kier molecular flexibility index (Phi) is 3.37. The largest absolute Gasteiger partial charge is 0.466 e. The average molecular weight is 306 g/mol. The minimum atomic E-state index is -0.371. The molecule has 0 saturated heterocycles. The van der Waals surface area contributed by atoms with E-state index in [1.807, 2.05) is 6.07 Å². The van der Waals surface area contributed by atoms with E-state index in [9.17, 15) is 0 Å². The van der Waals surface area contributed by atoms with E-state index in [0.29, 0.717) is 0 Å². The van der Waals surface area contributed by atoms with E-state index in [1.165, 1.54) is 11.1 Å². The number of nitrogens with zero attached hydrogens (tertiary/aromatic N) is 2. The third kappa shape index (κ3) is 2.31. The third-order valence-electron chi connectivity index (χ3n) is 4.82. The zero-order valence-electron chi connectivity index (χ0n) is 13.7. The van der Waals surface area contributed by atoms with E-state index in [1.54, 1.807) is 0 Å². The Bertz CT molecular complexity index is 740. The highest BCUT2D eigenvalue weighted by atomic mass is 16.5. The lowest BCUT2D eigenvalue weighted by Gasteiger charge is -2.45. The second-order valence-corrected chi connectivity index (χ2v) is 6.54. The van der Waals surface area contributed by atoms with Gasteiger partial charge in [0.25, 0.3) is 0 Å². The summed E-state index contributed by atoms with van der Waals surface area (Å²) in [5.74, 6) is 1.01. The Morgan fingerprint density at radius 3 is 2.65 bits per heavy atom. The number of hydrazone groups is 1. The smallest absolute Gasteiger partial charge is 0.195 e. The first-order valence-electron chi connectivity index (χ1n) is 8.41. The second kappa shape index (κ2) is 5.41. The van der Waals surface area contributed by atoms with Crippen LogP contribution in [0.3, 0.4) is 0 Å². The van der Waals surface area contributed by atoms with Gasteiger partial charge in [0.2, 0.25) is 0 Å². The molecule has 0 radical (unpaired) electrons. The van der Waals surface area contributed by atoms with E-state index in [-0.39, 0.29) is 11.8 Å². The first kappa shape index (κ1) is 14.3. The van der Waals surface area contributed by atoms with Gasteiger partial charge < -0.3 is 4.74 Å². The van der Waals surface area contributed by atoms with Gasteiger partial charge in [-0.2, -0.15) is 5.10 Å². The van der Waals surface area contributed by atoms with Crippen LogP contribution in [0.4, 0.5) is 0 Å². The first-order valence-corrected chi connectivity index (χ1v) is 8.41. The van der Waals surface area contributed by atoms with Crippen molar-refractivity contribution in [3.8, 4) is 5.75 Å². The monoisotopic (exact) mass is 306 g/mol. The van der Waals surface area contributed by atoms with Gasteiger partial charge in [-0.15, -0.1) is 0 Å². The Hall–Kier alpha value is -2.29. The quantitative estimate of drug-likeness (QED) is 0.817. The molecule has 0 N–H and O–H groups in total. The van der Waals surface area contributed by atoms with Gasteiger partial charge in [0.1, 0.15) is 5.75 Å². The summed E-state index contributed by atoms with van der Waals surface area (Å²) in [7, 11) is 0. The van der Waals surface area contributed by atoms with Gasteiger partial charge in [-0.1, -0.05) is 61.9 Å². The molecule has 0 aliphatic carbocycles. The van der Waals surface area contributed by atoms with Crippen molar-refractivity contribution in [2.45, 2.75) is 44.9 Å². The summed E-state index contributed by atoms with van der Waals surface area (Å²) in [5, 5.41) is 7.17. The van der Waals surface area contributed by atoms with Crippen LogP contribution in [0, 0.1) is 0 Å². The Morgan fingerprint density at radius 1 is 1.13 bits per heavy atom. The van der Waals surface area contributed by atoms with Crippen LogP contribution in [0.1, 0.15) is 50.3 Å². The van der Waals surface area contributed by atoms with Gasteiger partial charge in [0.05, 0.1) is 11.8 Å². The van der Waals surface area contributed by atoms with Gasteiger partial charge in [0, 0.05) is 18.4 Å². The highest BCUT2D eigenvalue weighted by molar-refractivity contribution is 6.01. The van der Waals surface area contributed by atoms with Gasteiger partial charge in [0.15, 0.2) is 5.72 Å². The van der Waals surface area contributed by atoms with Crippen LogP contribution in [-0.2, 0) is 0 Å². The van der Waals surface area contributed by atoms with Crippen molar-refractivity contribution in [3.63, 3.8) is 0 Å². The maximum atomic E-state index is 6.38. The van der Waals surface area contributed by atoms with Crippen LogP contribution in [-0.4, -0.2) is 16.4 Å². The van der Waals surface area contributed by atoms with E-state index < -0.39 is 0 Å². The number of hydrogen-bond acceptors (Lipinski definition) is 3. The van der Waals surface area contributed by atoms with Crippen molar-refractivity contribution in [1.29, 1.82) is 0 Å². The Morgan fingerprint density at radius 2 is 1.87 bits per heavy atom. The van der Waals surface area contributed by atoms with E-state index >= 15 is 0 Å². The molecule has 2 aromatic carbocycles. The Labute approximate surface area is 137 Å². The highest BCUT2D eigenvalue weighted by Gasteiger charge is 2.46. The van der Waals surface area contributed by atoms with Crippen molar-refractivity contribution in [3.05, 3.63) is 65.7 Å². The van der Waals surface area contributed by atoms with Gasteiger partial charge in [-0.25, -0.2) is 5.01 Å². The molecule has 0 bridgehead atoms. The molecule has 0 fully saturated rings. The van der Waals surface area contributed by atoms with Gasteiger partial charge in [-0.3, -0.25) is 0 Å². The minimum Gasteiger partial charge on any atom is -0.466 e. The standard InChI is InChI=1S/C20H22N2O/c1-3-13-20(2)22-18(16-11-7-8-12-19(16)23-20)14-17(21-22)15-9-5-4-6-10-15/h4-12,18H,3,13-14H2,1-2H3/t18-,20+/m1/s1. The molecule has 0 unspecified atom stereocenters. The van der Waals surface area contributed by atoms with Crippen molar-refractivity contribution in [1.82, 2.24) is 5.01 Å². The zero-order valence-corrected chi connectivity index (χ0v) is 13.7. The fraction of sp³-hybridized carbons (Fsp3) is 0.350. The molecule has 3 nitrogen and oxygen atoms in total. The first-order chi connectivity index (χ1) is 11.2. The molecule has 2 aromatic rings. The fourth-order valence-corrected chi connectivity index (χ4v) is 3.76. The predicted octanol–water partition coefficient (Wildman–Crippen LogP) is 4.75. The van der Waals surface area contributed by atoms with Crippen LogP contribution in [0.25, 0.3) is 0 Å². The summed E-state index contributed by atoms with van der Waals surface area (Å²) < 4.78 is 6.38. The number of fused-ring (bicyclic) bond motifs is 3. The molecule has 2 heterocycles. The zero-order chi connectivity index (χ0) is 15.9. The van der Waals surface area contributed by atoms with Crippen molar-refractivity contribution >= 4 is 5.71 Å². The molecule has 0 aromatic heterocycles. The molecule has 2 atom stereocenters. The maximum absolute atomic E-state index is 6.38. The van der Waals surface area contributed by atoms with E-state index in [4.69, 9.17) is 9.84 Å². The van der Waals surface area contributed by atoms with E-state index in [0.717, 1.165) is 30.7 Å². The molecule has 3 heteroatoms. The van der Waals surface area contributed by atoms with Crippen LogP contribution in [0.2, 0.25) is 0 Å². The van der Waals surface area contributed by atoms with Gasteiger partial charge in [-0.05, 0) is 18.6 Å². The fourth-order valence-electron chi connectivity index (χ4n) is 3.76. The molecule has 118 valence electrons. The summed E-state index contributed by atoms with van der Waals surface area (Å²) in [5.41, 5.74) is 3.23. The molecule has 0 amide bonds. The summed E-state index contributed by atoms with van der Waals surface area (Å²) in [6, 6.07) is 19.1. The molecular formula is C20H22N2O. The topological polar surface area (TPSA) is 24.8 Å². The van der Waals surface area contributed by atoms with Gasteiger partial charge >= 0.3 is 0 Å². The van der Waals surface area contributed by atoms with Crippen molar-refractivity contribution in [2.24, 2.45) is 5.10 Å². The van der Waals surface area contributed by atoms with Crippen LogP contribution < -0.4 is 4.74 Å². The third-order valence-corrected chi connectivity index (χ3v) is 4.82. The molecule has 0 spiro atoms. The summed E-state index contributed by atoms with van der Waals surface area (Å²) >= 11 is 0. The maximum Gasteiger partial charge on any atom is 0.195 e. The molecular weight excluding hydrogens is 284 g/mol. The minimum absolute atomic E-state index is 0.270. The van der Waals surface area contributed by atoms with Crippen LogP contribution >= 0.6 is 0 Å². The molecule has 0 saturated carbocycles. The summed E-state index contributed by atoms with van der Waals surface area (Å²) in [4.78, 5) is 0. The molecule has 2 aliphatic rings. The lowest BCUT2D eigenvalue weighted by Crippen LogP contribution is -2.51. The number of para-hydroxylation sites is 1. The normalized spacial score (nSPS) is 25.4. The van der Waals surface area contributed by atoms with Crippen molar-refractivity contribution < 1.29 is 4.74 Å². The van der Waals surface area contributed by atoms with E-state index in [2.05, 4.69) is 67.4 Å². The van der Waals surface area contributed by atoms with Crippen LogP contribution in [0.15, 0.2) is 59.7 Å². The lowest BCUT2D eigenvalue weighted by molar-refractivity contribution is -0.111. The number of hydrogen-bond donors (Lipinski definition) is 0. The molecule has 2 aliphatic heterocycles. The highest BCUT2D eigenvalue weighted by Crippen LogP contribution is 2.47. The SMILES string of the molecule is CCC[C@]1(C)Oc2ccccc2[C@H]2CC(c3ccccc3)=NN21. The Balaban J connectivity index is 1.78. The number of benzene rings is 2. The summed E-state index contributed by atoms with van der Waals surface area (Å²) in [6.07, 6.45) is 2.96. The average Bonchev–Trinajstić information content (AvgIpc) is 3.03. The van der Waals surface area contributed by atoms with Crippen molar-refractivity contribution in [2.75, 3.05) is 0 Å².